The Morgan fingerprint density at radius 2 is 2.05 bits per heavy atom. The van der Waals surface area contributed by atoms with Crippen LogP contribution in [0.3, 0.4) is 0 Å². The van der Waals surface area contributed by atoms with E-state index in [0.717, 1.165) is 13.1 Å². The fraction of sp³-hybridized carbons (Fsp3) is 0.846. The van der Waals surface area contributed by atoms with Gasteiger partial charge in [0.15, 0.2) is 5.82 Å². The Morgan fingerprint density at radius 3 is 2.47 bits per heavy atom. The van der Waals surface area contributed by atoms with Crippen LogP contribution in [0.1, 0.15) is 52.3 Å². The normalized spacial score (nSPS) is 15.9. The number of hydrogen-bond donors (Lipinski definition) is 1. The third kappa shape index (κ3) is 4.75. The molecule has 0 unspecified atom stereocenters. The number of rotatable bonds is 6. The van der Waals surface area contributed by atoms with E-state index in [0.29, 0.717) is 23.7 Å². The Hall–Kier alpha value is -0.650. The monoisotopic (exact) mass is 288 g/mol. The maximum atomic E-state index is 5.96. The molecule has 110 valence electrons. The lowest BCUT2D eigenvalue weighted by atomic mass is 10.1. The molecule has 0 aliphatic heterocycles. The standard InChI is InChI=1S/C13H24N4O.ClH/c1-9(2)7-17(10-5-6-10)8-11-15-12(16-18-11)13(3,4)14;/h9-10H,5-8,14H2,1-4H3;1H. The van der Waals surface area contributed by atoms with E-state index in [9.17, 15) is 0 Å². The summed E-state index contributed by atoms with van der Waals surface area (Å²) in [7, 11) is 0. The molecule has 2 rings (SSSR count). The average Bonchev–Trinajstić information content (AvgIpc) is 2.96. The summed E-state index contributed by atoms with van der Waals surface area (Å²) in [6.45, 7) is 10.1. The van der Waals surface area contributed by atoms with Crippen LogP contribution in [-0.4, -0.2) is 27.6 Å². The first-order chi connectivity index (χ1) is 8.36. The molecule has 0 spiro atoms. The first-order valence-corrected chi connectivity index (χ1v) is 6.72. The summed E-state index contributed by atoms with van der Waals surface area (Å²) in [5, 5.41) is 3.96. The second-order valence-electron chi connectivity index (χ2n) is 6.29. The quantitative estimate of drug-likeness (QED) is 0.870. The zero-order valence-electron chi connectivity index (χ0n) is 12.2. The van der Waals surface area contributed by atoms with Crippen LogP contribution < -0.4 is 5.73 Å². The van der Waals surface area contributed by atoms with E-state index < -0.39 is 5.54 Å². The molecule has 0 atom stereocenters. The van der Waals surface area contributed by atoms with Crippen molar-refractivity contribution in [3.63, 3.8) is 0 Å². The largest absolute Gasteiger partial charge is 0.338 e. The molecule has 0 bridgehead atoms. The number of halogens is 1. The average molecular weight is 289 g/mol. The van der Waals surface area contributed by atoms with Gasteiger partial charge < -0.3 is 10.3 Å². The Morgan fingerprint density at radius 1 is 1.42 bits per heavy atom. The lowest BCUT2D eigenvalue weighted by Crippen LogP contribution is -2.31. The highest BCUT2D eigenvalue weighted by atomic mass is 35.5. The maximum Gasteiger partial charge on any atom is 0.240 e. The number of nitrogens with two attached hydrogens (primary N) is 1. The van der Waals surface area contributed by atoms with Gasteiger partial charge >= 0.3 is 0 Å². The Kier molecular flexibility index (Phi) is 5.35. The van der Waals surface area contributed by atoms with Gasteiger partial charge in [-0.2, -0.15) is 4.98 Å². The van der Waals surface area contributed by atoms with Gasteiger partial charge in [0.05, 0.1) is 12.1 Å². The first kappa shape index (κ1) is 16.4. The minimum Gasteiger partial charge on any atom is -0.338 e. The van der Waals surface area contributed by atoms with E-state index >= 15 is 0 Å². The van der Waals surface area contributed by atoms with Gasteiger partial charge in [-0.05, 0) is 32.6 Å². The molecule has 2 N–H and O–H groups in total. The molecule has 0 amide bonds. The molecule has 1 heterocycles. The lowest BCUT2D eigenvalue weighted by molar-refractivity contribution is 0.196. The van der Waals surface area contributed by atoms with Crippen molar-refractivity contribution in [2.24, 2.45) is 11.7 Å². The SMILES string of the molecule is CC(C)CN(Cc1nc(C(C)(C)N)no1)C1CC1.Cl. The predicted molar refractivity (Wildman–Crippen MR) is 77.0 cm³/mol. The molecule has 0 aromatic carbocycles. The predicted octanol–water partition coefficient (Wildman–Crippen LogP) is 2.31. The van der Waals surface area contributed by atoms with Gasteiger partial charge in [0.1, 0.15) is 0 Å². The van der Waals surface area contributed by atoms with Crippen LogP contribution in [0.5, 0.6) is 0 Å². The van der Waals surface area contributed by atoms with Crippen molar-refractivity contribution in [2.45, 2.75) is 58.7 Å². The second-order valence-corrected chi connectivity index (χ2v) is 6.29. The molecule has 1 saturated carbocycles. The zero-order chi connectivity index (χ0) is 13.3. The third-order valence-corrected chi connectivity index (χ3v) is 3.05. The summed E-state index contributed by atoms with van der Waals surface area (Å²) < 4.78 is 5.30. The summed E-state index contributed by atoms with van der Waals surface area (Å²) in [6.07, 6.45) is 2.58. The van der Waals surface area contributed by atoms with Crippen LogP contribution in [0.4, 0.5) is 0 Å². The van der Waals surface area contributed by atoms with Crippen molar-refractivity contribution in [3.8, 4) is 0 Å². The van der Waals surface area contributed by atoms with Crippen molar-refractivity contribution >= 4 is 12.4 Å². The van der Waals surface area contributed by atoms with Gasteiger partial charge in [-0.25, -0.2) is 0 Å². The Labute approximate surface area is 121 Å². The van der Waals surface area contributed by atoms with Crippen LogP contribution >= 0.6 is 12.4 Å². The third-order valence-electron chi connectivity index (χ3n) is 3.05. The number of nitrogens with zero attached hydrogens (tertiary/aromatic N) is 3. The van der Waals surface area contributed by atoms with E-state index in [2.05, 4.69) is 28.9 Å². The van der Waals surface area contributed by atoms with Gasteiger partial charge in [0.25, 0.3) is 0 Å². The van der Waals surface area contributed by atoms with Crippen LogP contribution in [0.15, 0.2) is 4.52 Å². The maximum absolute atomic E-state index is 5.96. The summed E-state index contributed by atoms with van der Waals surface area (Å²) in [6, 6.07) is 0.702. The van der Waals surface area contributed by atoms with E-state index in [-0.39, 0.29) is 12.4 Å². The molecule has 19 heavy (non-hydrogen) atoms. The zero-order valence-corrected chi connectivity index (χ0v) is 13.0. The molecule has 6 heteroatoms. The molecule has 1 aromatic heterocycles. The topological polar surface area (TPSA) is 68.2 Å². The van der Waals surface area contributed by atoms with Gasteiger partial charge in [0.2, 0.25) is 5.89 Å². The van der Waals surface area contributed by atoms with Crippen LogP contribution in [0.2, 0.25) is 0 Å². The molecule has 1 aliphatic carbocycles. The fourth-order valence-corrected chi connectivity index (χ4v) is 2.01. The molecule has 1 aliphatic rings. The first-order valence-electron chi connectivity index (χ1n) is 6.72. The van der Waals surface area contributed by atoms with E-state index in [1.54, 1.807) is 0 Å². The van der Waals surface area contributed by atoms with Gasteiger partial charge in [-0.15, -0.1) is 12.4 Å². The van der Waals surface area contributed by atoms with E-state index in [1.165, 1.54) is 12.8 Å². The second kappa shape index (κ2) is 6.20. The number of aromatic nitrogens is 2. The molecule has 1 aromatic rings. The number of hydrogen-bond acceptors (Lipinski definition) is 5. The summed E-state index contributed by atoms with van der Waals surface area (Å²) >= 11 is 0. The minimum atomic E-state index is -0.537. The highest BCUT2D eigenvalue weighted by Crippen LogP contribution is 2.29. The summed E-state index contributed by atoms with van der Waals surface area (Å²) in [5.74, 6) is 1.91. The summed E-state index contributed by atoms with van der Waals surface area (Å²) in [4.78, 5) is 6.83. The Balaban J connectivity index is 0.00000180. The molecule has 0 radical (unpaired) electrons. The van der Waals surface area contributed by atoms with Gasteiger partial charge in [-0.3, -0.25) is 4.90 Å². The van der Waals surface area contributed by atoms with Crippen molar-refractivity contribution in [3.05, 3.63) is 11.7 Å². The van der Waals surface area contributed by atoms with Crippen molar-refractivity contribution in [1.29, 1.82) is 0 Å². The van der Waals surface area contributed by atoms with Crippen molar-refractivity contribution < 1.29 is 4.52 Å². The molecular formula is C13H25ClN4O. The van der Waals surface area contributed by atoms with Gasteiger partial charge in [0, 0.05) is 12.6 Å². The van der Waals surface area contributed by atoms with E-state index in [1.807, 2.05) is 13.8 Å². The van der Waals surface area contributed by atoms with Crippen molar-refractivity contribution in [2.75, 3.05) is 6.54 Å². The Bertz CT molecular complexity index is 396. The van der Waals surface area contributed by atoms with Crippen molar-refractivity contribution in [1.82, 2.24) is 15.0 Å². The highest BCUT2D eigenvalue weighted by molar-refractivity contribution is 5.85. The van der Waals surface area contributed by atoms with E-state index in [4.69, 9.17) is 10.3 Å². The molecule has 5 nitrogen and oxygen atoms in total. The summed E-state index contributed by atoms with van der Waals surface area (Å²) in [5.41, 5.74) is 5.42. The highest BCUT2D eigenvalue weighted by Gasteiger charge is 2.31. The van der Waals surface area contributed by atoms with Crippen LogP contribution in [0.25, 0.3) is 0 Å². The molecular weight excluding hydrogens is 264 g/mol. The molecule has 1 fully saturated rings. The van der Waals surface area contributed by atoms with Crippen LogP contribution in [0, 0.1) is 5.92 Å². The minimum absolute atomic E-state index is 0. The van der Waals surface area contributed by atoms with Gasteiger partial charge in [-0.1, -0.05) is 19.0 Å². The molecule has 0 saturated heterocycles. The fourth-order valence-electron chi connectivity index (χ4n) is 2.01. The smallest absolute Gasteiger partial charge is 0.240 e. The van der Waals surface area contributed by atoms with Crippen LogP contribution in [-0.2, 0) is 12.1 Å². The lowest BCUT2D eigenvalue weighted by Gasteiger charge is -2.21.